The van der Waals surface area contributed by atoms with Crippen molar-refractivity contribution in [2.45, 2.75) is 20.0 Å². The van der Waals surface area contributed by atoms with Gasteiger partial charge in [-0.2, -0.15) is 0 Å². The molecule has 0 rings (SSSR count). The van der Waals surface area contributed by atoms with Crippen LogP contribution in [0.3, 0.4) is 0 Å². The van der Waals surface area contributed by atoms with Crippen molar-refractivity contribution in [3.63, 3.8) is 0 Å². The van der Waals surface area contributed by atoms with E-state index in [9.17, 15) is 10.0 Å². The Hall–Kier alpha value is 1.10. The maximum Gasteiger partial charge on any atom is 1.00 e. The Bertz CT molecular complexity index is 54.5. The molecule has 0 aliphatic heterocycles. The van der Waals surface area contributed by atoms with Crippen LogP contribution in [0.4, 0.5) is 0 Å². The van der Waals surface area contributed by atoms with Gasteiger partial charge in [-0.05, 0) is 13.8 Å². The van der Waals surface area contributed by atoms with E-state index in [0.717, 1.165) is 0 Å². The molecule has 0 aromatic heterocycles. The van der Waals surface area contributed by atoms with Gasteiger partial charge < -0.3 is 14.9 Å². The van der Waals surface area contributed by atoms with Crippen LogP contribution in [0.15, 0.2) is 0 Å². The first-order valence-corrected chi connectivity index (χ1v) is 2.26. The topological polar surface area (TPSA) is 64.6 Å². The van der Waals surface area contributed by atoms with E-state index in [1.807, 2.05) is 0 Å². The summed E-state index contributed by atoms with van der Waals surface area (Å²) < 4.78 is 0. The molecule has 0 atom stereocenters. The molecule has 0 saturated carbocycles. The maximum atomic E-state index is 9.53. The van der Waals surface area contributed by atoms with Gasteiger partial charge in [0.25, 0.3) is 0 Å². The first-order valence-electron chi connectivity index (χ1n) is 2.26. The first-order chi connectivity index (χ1) is 3.63. The second-order valence-electron chi connectivity index (χ2n) is 1.53. The zero-order valence-electron chi connectivity index (χ0n) is 6.79. The molecule has 0 heterocycles. The minimum absolute atomic E-state index is 0. The van der Waals surface area contributed by atoms with Crippen LogP contribution in [0.5, 0.6) is 0 Å². The van der Waals surface area contributed by atoms with Gasteiger partial charge in [-0.1, -0.05) is 0 Å². The molecule has 0 spiro atoms. The van der Waals surface area contributed by atoms with E-state index in [1.54, 1.807) is 13.8 Å². The molecule has 0 aliphatic rings. The van der Waals surface area contributed by atoms with Crippen molar-refractivity contribution in [2.24, 2.45) is 0 Å². The van der Waals surface area contributed by atoms with Gasteiger partial charge >= 0.3 is 37.7 Å². The molecule has 10 heavy (non-hydrogen) atoms. The second kappa shape index (κ2) is 10.1. The zero-order chi connectivity index (χ0) is 6.57. The van der Waals surface area contributed by atoms with Crippen LogP contribution >= 0.6 is 0 Å². The fourth-order valence-corrected chi connectivity index (χ4v) is 0.156. The molecule has 0 bridgehead atoms. The van der Waals surface area contributed by atoms with E-state index >= 15 is 0 Å². The normalized spacial score (nSPS) is 8.10. The van der Waals surface area contributed by atoms with Crippen LogP contribution in [-0.4, -0.2) is 13.4 Å². The SMILES string of the molecule is CC(C)OOB([O-])[O-].[Li+].[Li+]. The van der Waals surface area contributed by atoms with Gasteiger partial charge in [-0.25, -0.2) is 0 Å². The largest absolute Gasteiger partial charge is 1.00 e. The average molecular weight is 132 g/mol. The Kier molecular flexibility index (Phi) is 17.4. The molecule has 0 aromatic carbocycles. The Morgan fingerprint density at radius 1 is 1.20 bits per heavy atom. The van der Waals surface area contributed by atoms with E-state index in [4.69, 9.17) is 0 Å². The summed E-state index contributed by atoms with van der Waals surface area (Å²) in [5, 5.41) is 19.1. The van der Waals surface area contributed by atoms with Gasteiger partial charge in [-0.15, -0.1) is 0 Å². The van der Waals surface area contributed by atoms with Crippen LogP contribution < -0.4 is 47.8 Å². The summed E-state index contributed by atoms with van der Waals surface area (Å²) in [5.41, 5.74) is 0. The Labute approximate surface area is 84.7 Å². The van der Waals surface area contributed by atoms with Crippen molar-refractivity contribution >= 4 is 7.32 Å². The summed E-state index contributed by atoms with van der Waals surface area (Å²) in [7, 11) is -2.34. The van der Waals surface area contributed by atoms with Gasteiger partial charge in [0.05, 0.1) is 6.10 Å². The smallest absolute Gasteiger partial charge is 0.868 e. The molecule has 4 nitrogen and oxygen atoms in total. The molecule has 0 N–H and O–H groups in total. The van der Waals surface area contributed by atoms with E-state index in [2.05, 4.69) is 9.69 Å². The molecular formula is C3H7BLi2O4. The van der Waals surface area contributed by atoms with E-state index in [-0.39, 0.29) is 43.8 Å². The minimum Gasteiger partial charge on any atom is -0.868 e. The Morgan fingerprint density at radius 3 is 1.70 bits per heavy atom. The second-order valence-corrected chi connectivity index (χ2v) is 1.53. The summed E-state index contributed by atoms with van der Waals surface area (Å²) in [4.78, 5) is 7.87. The quantitative estimate of drug-likeness (QED) is 0.217. The number of hydrogen-bond acceptors (Lipinski definition) is 4. The van der Waals surface area contributed by atoms with Crippen molar-refractivity contribution in [2.75, 3.05) is 0 Å². The van der Waals surface area contributed by atoms with Gasteiger partial charge in [0.2, 0.25) is 0 Å². The van der Waals surface area contributed by atoms with Gasteiger partial charge in [-0.3, -0.25) is 4.89 Å². The van der Waals surface area contributed by atoms with Gasteiger partial charge in [0.1, 0.15) is 7.32 Å². The predicted octanol–water partition coefficient (Wildman–Crippen LogP) is -7.94. The third-order valence-electron chi connectivity index (χ3n) is 0.327. The van der Waals surface area contributed by atoms with Crippen molar-refractivity contribution in [3.05, 3.63) is 0 Å². The molecule has 0 saturated heterocycles. The van der Waals surface area contributed by atoms with Crippen molar-refractivity contribution < 1.29 is 57.5 Å². The predicted molar refractivity (Wildman–Crippen MR) is 23.1 cm³/mol. The van der Waals surface area contributed by atoms with Crippen LogP contribution in [-0.2, 0) is 9.69 Å². The monoisotopic (exact) mass is 132 g/mol. The summed E-state index contributed by atoms with van der Waals surface area (Å²) in [5.74, 6) is 0. The van der Waals surface area contributed by atoms with Crippen molar-refractivity contribution in [1.29, 1.82) is 0 Å². The Balaban J connectivity index is -0.000000245. The molecule has 7 heteroatoms. The molecule has 0 aromatic rings. The molecular weight excluding hydrogens is 125 g/mol. The molecule has 0 amide bonds. The van der Waals surface area contributed by atoms with E-state index in [0.29, 0.717) is 0 Å². The average Bonchev–Trinajstić information content (AvgIpc) is 1.61. The van der Waals surface area contributed by atoms with Crippen LogP contribution in [0, 0.1) is 0 Å². The standard InChI is InChI=1S/C3H7BO4.2Li/c1-3(2)7-8-4(5)6;;/h3H,1-2H3;;/q-2;2*+1. The number of rotatable bonds is 3. The molecule has 0 fully saturated rings. The zero-order valence-corrected chi connectivity index (χ0v) is 6.79. The third-order valence-corrected chi connectivity index (χ3v) is 0.327. The minimum atomic E-state index is -2.34. The molecule has 0 unspecified atom stereocenters. The van der Waals surface area contributed by atoms with Crippen LogP contribution in [0.1, 0.15) is 13.8 Å². The third kappa shape index (κ3) is 16.0. The number of hydrogen-bond donors (Lipinski definition) is 0. The van der Waals surface area contributed by atoms with E-state index in [1.165, 1.54) is 0 Å². The molecule has 0 aliphatic carbocycles. The fraction of sp³-hybridized carbons (Fsp3) is 1.00. The summed E-state index contributed by atoms with van der Waals surface area (Å²) >= 11 is 0. The van der Waals surface area contributed by atoms with Crippen LogP contribution in [0.25, 0.3) is 0 Å². The summed E-state index contributed by atoms with van der Waals surface area (Å²) in [6.45, 7) is 3.31. The summed E-state index contributed by atoms with van der Waals surface area (Å²) in [6, 6.07) is 0. The van der Waals surface area contributed by atoms with Crippen molar-refractivity contribution in [1.82, 2.24) is 0 Å². The molecule has 48 valence electrons. The van der Waals surface area contributed by atoms with E-state index < -0.39 is 7.32 Å². The first kappa shape index (κ1) is 17.3. The van der Waals surface area contributed by atoms with Gasteiger partial charge in [0.15, 0.2) is 0 Å². The maximum absolute atomic E-state index is 9.53. The molecule has 0 radical (unpaired) electrons. The van der Waals surface area contributed by atoms with Crippen LogP contribution in [0.2, 0.25) is 0 Å². The van der Waals surface area contributed by atoms with Gasteiger partial charge in [0, 0.05) is 0 Å². The summed E-state index contributed by atoms with van der Waals surface area (Å²) in [6.07, 6.45) is -0.236. The Morgan fingerprint density at radius 2 is 1.60 bits per heavy atom. The van der Waals surface area contributed by atoms with Crippen molar-refractivity contribution in [3.8, 4) is 0 Å². The fourth-order valence-electron chi connectivity index (χ4n) is 0.156.